The van der Waals surface area contributed by atoms with E-state index in [1.165, 1.54) is 16.9 Å². The summed E-state index contributed by atoms with van der Waals surface area (Å²) in [6.07, 6.45) is 1.55. The van der Waals surface area contributed by atoms with Crippen LogP contribution in [0.1, 0.15) is 28.7 Å². The SMILES string of the molecule is CC(Cc1ccccc1)[NH2+]CCC(=O)c1nc(-c2ccccc2)cs1.[Cl-]. The summed E-state index contributed by atoms with van der Waals surface area (Å²) in [6, 6.07) is 20.9. The van der Waals surface area contributed by atoms with Crippen LogP contribution in [0.15, 0.2) is 66.0 Å². The summed E-state index contributed by atoms with van der Waals surface area (Å²) in [7, 11) is 0. The molecular weight excluding hydrogens is 364 g/mol. The van der Waals surface area contributed by atoms with Gasteiger partial charge in [-0.1, -0.05) is 60.7 Å². The van der Waals surface area contributed by atoms with E-state index in [1.54, 1.807) is 0 Å². The Labute approximate surface area is 164 Å². The Morgan fingerprint density at radius 2 is 1.73 bits per heavy atom. The smallest absolute Gasteiger partial charge is 0.197 e. The summed E-state index contributed by atoms with van der Waals surface area (Å²) in [5.74, 6) is 0.135. The van der Waals surface area contributed by atoms with E-state index < -0.39 is 0 Å². The largest absolute Gasteiger partial charge is 1.00 e. The molecule has 0 amide bonds. The maximum absolute atomic E-state index is 12.4. The molecule has 1 heterocycles. The molecule has 26 heavy (non-hydrogen) atoms. The molecule has 136 valence electrons. The summed E-state index contributed by atoms with van der Waals surface area (Å²) in [5, 5.41) is 4.82. The zero-order chi connectivity index (χ0) is 17.5. The first-order valence-corrected chi connectivity index (χ1v) is 9.52. The molecule has 0 fully saturated rings. The third kappa shape index (κ3) is 5.77. The van der Waals surface area contributed by atoms with E-state index in [1.807, 2.05) is 41.8 Å². The van der Waals surface area contributed by atoms with Gasteiger partial charge in [0.05, 0.1) is 24.7 Å². The molecule has 0 aliphatic rings. The Hall–Kier alpha value is -2.01. The van der Waals surface area contributed by atoms with Crippen molar-refractivity contribution in [1.29, 1.82) is 0 Å². The van der Waals surface area contributed by atoms with Crippen LogP contribution in [0.4, 0.5) is 0 Å². The van der Waals surface area contributed by atoms with E-state index in [0.717, 1.165) is 24.2 Å². The standard InChI is InChI=1S/C21H22N2OS.ClH/c1-16(14-17-8-4-2-5-9-17)22-13-12-20(24)21-23-19(15-25-21)18-10-6-3-7-11-18;/h2-11,15-16,22H,12-14H2,1H3;1H. The molecule has 0 saturated heterocycles. The van der Waals surface area contributed by atoms with Gasteiger partial charge in [0.2, 0.25) is 0 Å². The number of halogens is 1. The number of carbonyl (C=O) groups excluding carboxylic acids is 1. The molecule has 0 bridgehead atoms. The predicted octanol–water partition coefficient (Wildman–Crippen LogP) is 0.582. The number of nitrogens with zero attached hydrogens (tertiary/aromatic N) is 1. The number of hydrogen-bond acceptors (Lipinski definition) is 3. The van der Waals surface area contributed by atoms with Crippen molar-refractivity contribution >= 4 is 17.1 Å². The Morgan fingerprint density at radius 1 is 1.08 bits per heavy atom. The summed E-state index contributed by atoms with van der Waals surface area (Å²) in [6.45, 7) is 3.00. The predicted molar refractivity (Wildman–Crippen MR) is 103 cm³/mol. The fraction of sp³-hybridized carbons (Fsp3) is 0.238. The van der Waals surface area contributed by atoms with Crippen molar-refractivity contribution in [1.82, 2.24) is 4.98 Å². The molecule has 1 aromatic heterocycles. The van der Waals surface area contributed by atoms with Gasteiger partial charge in [0.1, 0.15) is 0 Å². The molecule has 3 rings (SSSR count). The van der Waals surface area contributed by atoms with Crippen LogP contribution in [0.5, 0.6) is 0 Å². The second kappa shape index (κ2) is 10.2. The number of thiazole rings is 1. The van der Waals surface area contributed by atoms with Crippen molar-refractivity contribution in [3.63, 3.8) is 0 Å². The Morgan fingerprint density at radius 3 is 2.42 bits per heavy atom. The first-order chi connectivity index (χ1) is 12.2. The van der Waals surface area contributed by atoms with Crippen LogP contribution in [0.2, 0.25) is 0 Å². The van der Waals surface area contributed by atoms with Gasteiger partial charge in [0.15, 0.2) is 10.8 Å². The van der Waals surface area contributed by atoms with E-state index in [-0.39, 0.29) is 18.2 Å². The van der Waals surface area contributed by atoms with Crippen LogP contribution in [-0.4, -0.2) is 23.4 Å². The zero-order valence-electron chi connectivity index (χ0n) is 14.8. The van der Waals surface area contributed by atoms with E-state index >= 15 is 0 Å². The monoisotopic (exact) mass is 386 g/mol. The van der Waals surface area contributed by atoms with E-state index in [9.17, 15) is 4.79 Å². The van der Waals surface area contributed by atoms with Gasteiger partial charge in [-0.3, -0.25) is 4.79 Å². The molecule has 0 spiro atoms. The number of nitrogens with two attached hydrogens (primary N) is 1. The van der Waals surface area contributed by atoms with Gasteiger partial charge < -0.3 is 17.7 Å². The van der Waals surface area contributed by atoms with Crippen LogP contribution < -0.4 is 17.7 Å². The van der Waals surface area contributed by atoms with E-state index in [4.69, 9.17) is 0 Å². The molecule has 0 aliphatic heterocycles. The van der Waals surface area contributed by atoms with Crippen molar-refractivity contribution in [2.24, 2.45) is 0 Å². The Bertz CT molecular complexity index is 805. The molecule has 5 heteroatoms. The highest BCUT2D eigenvalue weighted by Gasteiger charge is 2.14. The van der Waals surface area contributed by atoms with Gasteiger partial charge in [0.25, 0.3) is 0 Å². The zero-order valence-corrected chi connectivity index (χ0v) is 16.3. The van der Waals surface area contributed by atoms with Crippen molar-refractivity contribution in [3.8, 4) is 11.3 Å². The molecule has 0 aliphatic carbocycles. The van der Waals surface area contributed by atoms with Gasteiger partial charge in [-0.25, -0.2) is 4.98 Å². The van der Waals surface area contributed by atoms with E-state index in [0.29, 0.717) is 17.5 Å². The van der Waals surface area contributed by atoms with Gasteiger partial charge in [-0.15, -0.1) is 11.3 Å². The molecular formula is C21H23ClN2OS. The number of benzene rings is 2. The number of rotatable bonds is 8. The molecule has 0 radical (unpaired) electrons. The fourth-order valence-corrected chi connectivity index (χ4v) is 3.62. The lowest BCUT2D eigenvalue weighted by Gasteiger charge is -2.10. The second-order valence-corrected chi connectivity index (χ2v) is 7.13. The number of hydrogen-bond donors (Lipinski definition) is 1. The van der Waals surface area contributed by atoms with E-state index in [2.05, 4.69) is 41.5 Å². The van der Waals surface area contributed by atoms with Crippen molar-refractivity contribution in [2.45, 2.75) is 25.8 Å². The molecule has 0 saturated carbocycles. The van der Waals surface area contributed by atoms with Gasteiger partial charge in [-0.2, -0.15) is 0 Å². The molecule has 3 aromatic rings. The normalized spacial score (nSPS) is 11.6. The summed E-state index contributed by atoms with van der Waals surface area (Å²) >= 11 is 1.44. The number of Topliss-reactive ketones (excluding diaryl/α,β-unsaturated/α-hetero) is 1. The third-order valence-electron chi connectivity index (χ3n) is 4.15. The molecule has 1 unspecified atom stereocenters. The van der Waals surface area contributed by atoms with Crippen LogP contribution in [-0.2, 0) is 6.42 Å². The quantitative estimate of drug-likeness (QED) is 0.576. The topological polar surface area (TPSA) is 46.6 Å². The van der Waals surface area contributed by atoms with Gasteiger partial charge in [0, 0.05) is 17.4 Å². The van der Waals surface area contributed by atoms with Crippen LogP contribution >= 0.6 is 11.3 Å². The minimum Gasteiger partial charge on any atom is -1.00 e. The van der Waals surface area contributed by atoms with Gasteiger partial charge in [-0.05, 0) is 12.5 Å². The summed E-state index contributed by atoms with van der Waals surface area (Å²) in [5.41, 5.74) is 3.28. The summed E-state index contributed by atoms with van der Waals surface area (Å²) < 4.78 is 0. The van der Waals surface area contributed by atoms with Crippen molar-refractivity contribution < 1.29 is 22.5 Å². The first kappa shape index (κ1) is 20.3. The van der Waals surface area contributed by atoms with Crippen LogP contribution in [0, 0.1) is 0 Å². The number of quaternary nitrogens is 1. The minimum atomic E-state index is 0. The van der Waals surface area contributed by atoms with Crippen LogP contribution in [0.3, 0.4) is 0 Å². The van der Waals surface area contributed by atoms with Gasteiger partial charge >= 0.3 is 0 Å². The lowest BCUT2D eigenvalue weighted by molar-refractivity contribution is -0.684. The maximum atomic E-state index is 12.4. The second-order valence-electron chi connectivity index (χ2n) is 6.27. The van der Waals surface area contributed by atoms with Crippen molar-refractivity contribution in [3.05, 3.63) is 76.6 Å². The lowest BCUT2D eigenvalue weighted by Crippen LogP contribution is -3.00. The highest BCUT2D eigenvalue weighted by Crippen LogP contribution is 2.22. The molecule has 2 aromatic carbocycles. The maximum Gasteiger partial charge on any atom is 0.197 e. The Balaban J connectivity index is 0.00000243. The number of carbonyl (C=O) groups is 1. The Kier molecular flexibility index (Phi) is 7.98. The minimum absolute atomic E-state index is 0. The van der Waals surface area contributed by atoms with Crippen molar-refractivity contribution in [2.75, 3.05) is 6.54 Å². The fourth-order valence-electron chi connectivity index (χ4n) is 2.82. The van der Waals surface area contributed by atoms with Crippen LogP contribution in [0.25, 0.3) is 11.3 Å². The lowest BCUT2D eigenvalue weighted by atomic mass is 10.1. The number of aromatic nitrogens is 1. The summed E-state index contributed by atoms with van der Waals surface area (Å²) in [4.78, 5) is 16.9. The average Bonchev–Trinajstić information content (AvgIpc) is 3.13. The third-order valence-corrected chi connectivity index (χ3v) is 5.04. The highest BCUT2D eigenvalue weighted by atomic mass is 35.5. The number of ketones is 1. The highest BCUT2D eigenvalue weighted by molar-refractivity contribution is 7.12. The molecule has 3 nitrogen and oxygen atoms in total. The molecule has 1 atom stereocenters. The molecule has 2 N–H and O–H groups in total. The average molecular weight is 387 g/mol. The first-order valence-electron chi connectivity index (χ1n) is 8.64.